The van der Waals surface area contributed by atoms with Gasteiger partial charge in [-0.2, -0.15) is 5.26 Å². The number of oxazole rings is 1. The first kappa shape index (κ1) is 27.0. The Hall–Kier alpha value is -4.57. The fourth-order valence-corrected chi connectivity index (χ4v) is 5.45. The molecule has 7 nitrogen and oxygen atoms in total. The predicted molar refractivity (Wildman–Crippen MR) is 151 cm³/mol. The highest BCUT2D eigenvalue weighted by Crippen LogP contribution is 2.42. The molecule has 40 heavy (non-hydrogen) atoms. The minimum Gasteiger partial charge on any atom is -0.493 e. The number of amides is 1. The van der Waals surface area contributed by atoms with Crippen LogP contribution < -0.4 is 9.47 Å². The van der Waals surface area contributed by atoms with Gasteiger partial charge in [-0.1, -0.05) is 35.9 Å². The Morgan fingerprint density at radius 3 is 2.73 bits per heavy atom. The number of aromatic nitrogens is 1. The number of aryl methyl sites for hydroxylation is 3. The lowest BCUT2D eigenvalue weighted by molar-refractivity contribution is -0.133. The van der Waals surface area contributed by atoms with Gasteiger partial charge in [-0.15, -0.1) is 0 Å². The number of hydrogen-bond donors (Lipinski definition) is 0. The first-order chi connectivity index (χ1) is 19.5. The molecule has 1 aliphatic heterocycles. The van der Waals surface area contributed by atoms with E-state index in [1.54, 1.807) is 19.4 Å². The van der Waals surface area contributed by atoms with Gasteiger partial charge >= 0.3 is 0 Å². The first-order valence-electron chi connectivity index (χ1n) is 13.5. The van der Waals surface area contributed by atoms with Crippen molar-refractivity contribution in [1.29, 1.82) is 5.26 Å². The largest absolute Gasteiger partial charge is 0.493 e. The number of methoxy groups -OCH3 is 1. The lowest BCUT2D eigenvalue weighted by Crippen LogP contribution is -2.41. The molecule has 2 heterocycles. The van der Waals surface area contributed by atoms with Crippen LogP contribution >= 0.6 is 0 Å². The van der Waals surface area contributed by atoms with Gasteiger partial charge in [-0.3, -0.25) is 4.79 Å². The third-order valence-corrected chi connectivity index (χ3v) is 7.48. The molecule has 1 aliphatic rings. The van der Waals surface area contributed by atoms with Crippen molar-refractivity contribution in [1.82, 2.24) is 9.88 Å². The molecule has 1 amide bonds. The number of ether oxygens (including phenoxy) is 2. The summed E-state index contributed by atoms with van der Waals surface area (Å²) >= 11 is 0. The van der Waals surface area contributed by atoms with Crippen molar-refractivity contribution in [3.8, 4) is 17.6 Å². The van der Waals surface area contributed by atoms with Crippen LogP contribution in [0.25, 0.3) is 0 Å². The second-order valence-electron chi connectivity index (χ2n) is 10.2. The maximum Gasteiger partial charge on any atom is 0.223 e. The predicted octanol–water partition coefficient (Wildman–Crippen LogP) is 5.90. The highest BCUT2D eigenvalue weighted by Gasteiger charge is 2.34. The number of rotatable bonds is 9. The summed E-state index contributed by atoms with van der Waals surface area (Å²) in [6, 6.07) is 20.0. The molecule has 5 rings (SSSR count). The van der Waals surface area contributed by atoms with Crippen molar-refractivity contribution < 1.29 is 18.7 Å². The Labute approximate surface area is 235 Å². The fraction of sp³-hybridized carbons (Fsp3) is 0.303. The third kappa shape index (κ3) is 5.86. The molecule has 0 aliphatic carbocycles. The Balaban J connectivity index is 1.46. The number of carbonyl (C=O) groups is 1. The summed E-state index contributed by atoms with van der Waals surface area (Å²) in [5.41, 5.74) is 8.07. The van der Waals surface area contributed by atoms with E-state index in [1.807, 2.05) is 29.2 Å². The van der Waals surface area contributed by atoms with E-state index in [2.05, 4.69) is 49.2 Å². The first-order valence-corrected chi connectivity index (χ1v) is 13.5. The van der Waals surface area contributed by atoms with Crippen LogP contribution in [0.15, 0.2) is 71.7 Å². The van der Waals surface area contributed by atoms with Crippen LogP contribution in [0.3, 0.4) is 0 Å². The Morgan fingerprint density at radius 2 is 1.98 bits per heavy atom. The molecule has 0 bridgehead atoms. The monoisotopic (exact) mass is 535 g/mol. The topological polar surface area (TPSA) is 88.6 Å². The van der Waals surface area contributed by atoms with Gasteiger partial charge < -0.3 is 18.8 Å². The summed E-state index contributed by atoms with van der Waals surface area (Å²) in [6.07, 6.45) is 5.25. The SMILES string of the molecule is COc1cc2c(cc1OCCc1cccc(C#N)c1)C(c1ccc(C)cc1C)N(C(=O)CCc1cocn1)CC2. The summed E-state index contributed by atoms with van der Waals surface area (Å²) in [4.78, 5) is 19.8. The highest BCUT2D eigenvalue weighted by molar-refractivity contribution is 5.78. The zero-order valence-electron chi connectivity index (χ0n) is 23.1. The van der Waals surface area contributed by atoms with Gasteiger partial charge in [0, 0.05) is 25.8 Å². The fourth-order valence-electron chi connectivity index (χ4n) is 5.45. The molecule has 7 heteroatoms. The second-order valence-corrected chi connectivity index (χ2v) is 10.2. The van der Waals surface area contributed by atoms with E-state index in [4.69, 9.17) is 13.9 Å². The minimum absolute atomic E-state index is 0.0780. The number of nitriles is 1. The van der Waals surface area contributed by atoms with E-state index in [-0.39, 0.29) is 11.9 Å². The molecule has 3 aromatic carbocycles. The molecule has 1 atom stereocenters. The molecule has 0 N–H and O–H groups in total. The maximum atomic E-state index is 13.6. The summed E-state index contributed by atoms with van der Waals surface area (Å²) in [5, 5.41) is 9.21. The molecule has 1 unspecified atom stereocenters. The van der Waals surface area contributed by atoms with Crippen LogP contribution in [0, 0.1) is 25.2 Å². The Kier molecular flexibility index (Phi) is 8.16. The normalized spacial score (nSPS) is 14.3. The van der Waals surface area contributed by atoms with Gasteiger partial charge in [0.1, 0.15) is 6.26 Å². The summed E-state index contributed by atoms with van der Waals surface area (Å²) in [6.45, 7) is 5.22. The molecule has 0 radical (unpaired) electrons. The molecule has 0 saturated heterocycles. The number of fused-ring (bicyclic) bond motifs is 1. The molecular formula is C33H33N3O4. The molecular weight excluding hydrogens is 502 g/mol. The van der Waals surface area contributed by atoms with Gasteiger partial charge in [0.2, 0.25) is 5.91 Å². The van der Waals surface area contributed by atoms with Gasteiger partial charge in [0.05, 0.1) is 37.1 Å². The summed E-state index contributed by atoms with van der Waals surface area (Å²) in [7, 11) is 1.65. The van der Waals surface area contributed by atoms with Crippen LogP contribution in [0.1, 0.15) is 57.1 Å². The zero-order chi connectivity index (χ0) is 28.1. The van der Waals surface area contributed by atoms with Gasteiger partial charge in [0.15, 0.2) is 17.9 Å². The van der Waals surface area contributed by atoms with Crippen LogP contribution in [0.5, 0.6) is 11.5 Å². The van der Waals surface area contributed by atoms with E-state index >= 15 is 0 Å². The quantitative estimate of drug-likeness (QED) is 0.265. The van der Waals surface area contributed by atoms with E-state index in [1.165, 1.54) is 12.0 Å². The van der Waals surface area contributed by atoms with Crippen molar-refractivity contribution >= 4 is 5.91 Å². The second kappa shape index (κ2) is 12.1. The Bertz CT molecular complexity index is 1540. The van der Waals surface area contributed by atoms with Crippen molar-refractivity contribution in [2.24, 2.45) is 0 Å². The lowest BCUT2D eigenvalue weighted by atomic mass is 9.85. The molecule has 4 aromatic rings. The van der Waals surface area contributed by atoms with Crippen molar-refractivity contribution in [3.63, 3.8) is 0 Å². The summed E-state index contributed by atoms with van der Waals surface area (Å²) in [5.74, 6) is 1.40. The zero-order valence-corrected chi connectivity index (χ0v) is 23.1. The number of carbonyl (C=O) groups excluding carboxylic acids is 1. The number of hydrogen-bond acceptors (Lipinski definition) is 6. The number of benzene rings is 3. The van der Waals surface area contributed by atoms with E-state index in [0.717, 1.165) is 39.9 Å². The minimum atomic E-state index is -0.241. The van der Waals surface area contributed by atoms with Crippen molar-refractivity contribution in [3.05, 3.63) is 112 Å². The molecule has 204 valence electrons. The lowest BCUT2D eigenvalue weighted by Gasteiger charge is -2.39. The molecule has 0 saturated carbocycles. The number of nitrogens with zero attached hydrogens (tertiary/aromatic N) is 3. The van der Waals surface area contributed by atoms with Gasteiger partial charge in [-0.25, -0.2) is 4.98 Å². The summed E-state index contributed by atoms with van der Waals surface area (Å²) < 4.78 is 17.1. The van der Waals surface area contributed by atoms with E-state index in [9.17, 15) is 10.1 Å². The van der Waals surface area contributed by atoms with E-state index < -0.39 is 0 Å². The maximum absolute atomic E-state index is 13.6. The van der Waals surface area contributed by atoms with Gasteiger partial charge in [0.25, 0.3) is 0 Å². The third-order valence-electron chi connectivity index (χ3n) is 7.48. The van der Waals surface area contributed by atoms with Crippen molar-refractivity contribution in [2.45, 2.75) is 45.6 Å². The highest BCUT2D eigenvalue weighted by atomic mass is 16.5. The standard InChI is InChI=1S/C33H33N3O4/c1-22-7-9-28(23(2)15-22)33-29-18-31(40-14-12-24-5-4-6-25(16-24)19-34)30(38-3)17-26(29)11-13-36(33)32(37)10-8-27-20-39-21-35-27/h4-7,9,15-18,20-21,33H,8,10-14H2,1-3H3. The molecule has 1 aromatic heterocycles. The van der Waals surface area contributed by atoms with Crippen LogP contribution in [-0.4, -0.2) is 36.1 Å². The molecule has 0 fully saturated rings. The van der Waals surface area contributed by atoms with Crippen LogP contribution in [0.2, 0.25) is 0 Å². The molecule has 0 spiro atoms. The van der Waals surface area contributed by atoms with Crippen LogP contribution in [0.4, 0.5) is 0 Å². The smallest absolute Gasteiger partial charge is 0.223 e. The Morgan fingerprint density at radius 1 is 1.10 bits per heavy atom. The van der Waals surface area contributed by atoms with Crippen molar-refractivity contribution in [2.75, 3.05) is 20.3 Å². The van der Waals surface area contributed by atoms with Crippen LogP contribution in [-0.2, 0) is 24.1 Å². The van der Waals surface area contributed by atoms with Gasteiger partial charge in [-0.05, 0) is 72.4 Å². The average molecular weight is 536 g/mol. The van der Waals surface area contributed by atoms with E-state index in [0.29, 0.717) is 49.5 Å². The average Bonchev–Trinajstić information content (AvgIpc) is 3.49.